The number of hydrogen-bond acceptors (Lipinski definition) is 8. The van der Waals surface area contributed by atoms with E-state index in [1.165, 1.54) is 6.26 Å². The fraction of sp³-hybridized carbons (Fsp3) is 0.280. The van der Waals surface area contributed by atoms with Crippen LogP contribution in [0.5, 0.6) is 0 Å². The molecule has 10 heteroatoms. The van der Waals surface area contributed by atoms with Crippen molar-refractivity contribution in [3.63, 3.8) is 0 Å². The van der Waals surface area contributed by atoms with Crippen LogP contribution in [0.1, 0.15) is 22.7 Å². The molecular formula is C25H27N3O6S. The second-order valence-corrected chi connectivity index (χ2v) is 9.71. The summed E-state index contributed by atoms with van der Waals surface area (Å²) in [5.74, 6) is 0.735. The number of methoxy groups -OCH3 is 1. The first-order chi connectivity index (χ1) is 16.9. The fourth-order valence-electron chi connectivity index (χ4n) is 3.53. The van der Waals surface area contributed by atoms with E-state index in [9.17, 15) is 8.42 Å². The quantitative estimate of drug-likeness (QED) is 0.222. The van der Waals surface area contributed by atoms with Crippen molar-refractivity contribution >= 4 is 15.9 Å². The standard InChI is InChI=1S/C25H27N3O6S/c1-18-19(2)27-34-25(18)28(17-32-15-14-31-3)35(29,30)23-7-5-4-6-22(23)21-10-8-20(9-11-21)16-24-26-12-13-33-24/h4-13H,14-17H2,1-3H3. The van der Waals surface area contributed by atoms with Gasteiger partial charge in [0.2, 0.25) is 5.88 Å². The molecule has 184 valence electrons. The van der Waals surface area contributed by atoms with Crippen molar-refractivity contribution in [2.75, 3.05) is 31.4 Å². The Hall–Kier alpha value is -3.47. The van der Waals surface area contributed by atoms with Crippen LogP contribution in [0.4, 0.5) is 5.88 Å². The second-order valence-electron chi connectivity index (χ2n) is 7.88. The van der Waals surface area contributed by atoms with Gasteiger partial charge in [-0.2, -0.15) is 0 Å². The van der Waals surface area contributed by atoms with E-state index >= 15 is 0 Å². The zero-order valence-corrected chi connectivity index (χ0v) is 20.6. The number of ether oxygens (including phenoxy) is 2. The van der Waals surface area contributed by atoms with Gasteiger partial charge < -0.3 is 18.4 Å². The third-order valence-corrected chi connectivity index (χ3v) is 7.32. The number of sulfonamides is 1. The minimum atomic E-state index is -4.07. The van der Waals surface area contributed by atoms with Crippen LogP contribution in [0.3, 0.4) is 0 Å². The minimum Gasteiger partial charge on any atom is -0.449 e. The van der Waals surface area contributed by atoms with Crippen molar-refractivity contribution in [3.05, 3.63) is 83.7 Å². The summed E-state index contributed by atoms with van der Waals surface area (Å²) in [6, 6.07) is 14.5. The maximum atomic E-state index is 13.9. The van der Waals surface area contributed by atoms with E-state index in [0.717, 1.165) is 15.4 Å². The Balaban J connectivity index is 1.69. The van der Waals surface area contributed by atoms with Gasteiger partial charge in [-0.3, -0.25) is 0 Å². The van der Waals surface area contributed by atoms with Crippen LogP contribution in [-0.4, -0.2) is 45.6 Å². The maximum absolute atomic E-state index is 13.9. The van der Waals surface area contributed by atoms with Gasteiger partial charge >= 0.3 is 0 Å². The van der Waals surface area contributed by atoms with Crippen molar-refractivity contribution in [3.8, 4) is 11.1 Å². The zero-order valence-electron chi connectivity index (χ0n) is 19.8. The predicted octanol–water partition coefficient (Wildman–Crippen LogP) is 4.35. The summed E-state index contributed by atoms with van der Waals surface area (Å²) < 4.78 is 50.3. The SMILES string of the molecule is COCCOCN(c1onc(C)c1C)S(=O)(=O)c1ccccc1-c1ccc(Cc2ncco2)cc1. The number of hydrogen-bond donors (Lipinski definition) is 0. The highest BCUT2D eigenvalue weighted by Crippen LogP contribution is 2.34. The monoisotopic (exact) mass is 497 g/mol. The molecule has 0 fully saturated rings. The molecular weight excluding hydrogens is 470 g/mol. The molecule has 0 unspecified atom stereocenters. The van der Waals surface area contributed by atoms with E-state index < -0.39 is 10.0 Å². The lowest BCUT2D eigenvalue weighted by Crippen LogP contribution is -2.34. The average Bonchev–Trinajstić information content (AvgIpc) is 3.49. The molecule has 0 bridgehead atoms. The molecule has 0 N–H and O–H groups in total. The van der Waals surface area contributed by atoms with Gasteiger partial charge in [0.05, 0.1) is 30.0 Å². The van der Waals surface area contributed by atoms with Gasteiger partial charge in [0, 0.05) is 24.7 Å². The number of rotatable bonds is 11. The lowest BCUT2D eigenvalue weighted by atomic mass is 10.0. The van der Waals surface area contributed by atoms with Crippen LogP contribution >= 0.6 is 0 Å². The van der Waals surface area contributed by atoms with Crippen LogP contribution in [0.25, 0.3) is 11.1 Å². The Morgan fingerprint density at radius 3 is 2.46 bits per heavy atom. The van der Waals surface area contributed by atoms with Crippen LogP contribution in [-0.2, 0) is 25.9 Å². The largest absolute Gasteiger partial charge is 0.449 e. The number of nitrogens with zero attached hydrogens (tertiary/aromatic N) is 3. The summed E-state index contributed by atoms with van der Waals surface area (Å²) in [4.78, 5) is 4.28. The van der Waals surface area contributed by atoms with Crippen LogP contribution in [0.2, 0.25) is 0 Å². The zero-order chi connectivity index (χ0) is 24.8. The first-order valence-electron chi connectivity index (χ1n) is 11.0. The number of aryl methyl sites for hydroxylation is 1. The molecule has 0 aliphatic rings. The van der Waals surface area contributed by atoms with Crippen molar-refractivity contribution < 1.29 is 26.8 Å². The van der Waals surface area contributed by atoms with Crippen LogP contribution in [0, 0.1) is 13.8 Å². The minimum absolute atomic E-state index is 0.121. The van der Waals surface area contributed by atoms with Crippen molar-refractivity contribution in [2.24, 2.45) is 0 Å². The van der Waals surface area contributed by atoms with E-state index in [-0.39, 0.29) is 24.1 Å². The number of benzene rings is 2. The third kappa shape index (κ3) is 5.45. The van der Waals surface area contributed by atoms with E-state index in [1.54, 1.807) is 51.4 Å². The first-order valence-corrected chi connectivity index (χ1v) is 12.4. The van der Waals surface area contributed by atoms with Crippen molar-refractivity contribution in [2.45, 2.75) is 25.2 Å². The number of anilines is 1. The van der Waals surface area contributed by atoms with Gasteiger partial charge in [-0.15, -0.1) is 0 Å². The molecule has 35 heavy (non-hydrogen) atoms. The second kappa shape index (κ2) is 10.9. The molecule has 0 amide bonds. The van der Waals surface area contributed by atoms with Crippen LogP contribution in [0.15, 0.2) is 74.8 Å². The van der Waals surface area contributed by atoms with E-state index in [0.29, 0.717) is 35.7 Å². The molecule has 2 heterocycles. The smallest absolute Gasteiger partial charge is 0.269 e. The van der Waals surface area contributed by atoms with E-state index in [1.807, 2.05) is 24.3 Å². The molecule has 9 nitrogen and oxygen atoms in total. The maximum Gasteiger partial charge on any atom is 0.269 e. The van der Waals surface area contributed by atoms with Gasteiger partial charge in [-0.25, -0.2) is 17.7 Å². The summed E-state index contributed by atoms with van der Waals surface area (Å²) in [6.45, 7) is 3.83. The molecule has 0 aliphatic heterocycles. The Morgan fingerprint density at radius 2 is 1.80 bits per heavy atom. The van der Waals surface area contributed by atoms with Gasteiger partial charge in [0.25, 0.3) is 10.0 Å². The first kappa shape index (κ1) is 24.6. The van der Waals surface area contributed by atoms with Gasteiger partial charge in [-0.05, 0) is 31.0 Å². The molecule has 0 saturated carbocycles. The summed E-state index contributed by atoms with van der Waals surface area (Å²) in [5.41, 5.74) is 3.54. The Labute approximate surface area is 204 Å². The van der Waals surface area contributed by atoms with E-state index in [4.69, 9.17) is 18.4 Å². The molecule has 0 saturated heterocycles. The third-order valence-electron chi connectivity index (χ3n) is 5.56. The summed E-state index contributed by atoms with van der Waals surface area (Å²) in [7, 11) is -2.52. The Kier molecular flexibility index (Phi) is 7.64. The Bertz CT molecular complexity index is 1350. The lowest BCUT2D eigenvalue weighted by Gasteiger charge is -2.23. The van der Waals surface area contributed by atoms with Crippen LogP contribution < -0.4 is 4.31 Å². The Morgan fingerprint density at radius 1 is 1.03 bits per heavy atom. The highest BCUT2D eigenvalue weighted by Gasteiger charge is 2.32. The van der Waals surface area contributed by atoms with E-state index in [2.05, 4.69) is 10.1 Å². The fourth-order valence-corrected chi connectivity index (χ4v) is 5.08. The van der Waals surface area contributed by atoms with Crippen molar-refractivity contribution in [1.82, 2.24) is 10.1 Å². The molecule has 4 rings (SSSR count). The highest BCUT2D eigenvalue weighted by atomic mass is 32.2. The molecule has 2 aromatic heterocycles. The number of oxazole rings is 1. The molecule has 4 aromatic rings. The summed E-state index contributed by atoms with van der Waals surface area (Å²) in [6.07, 6.45) is 3.69. The molecule has 0 spiro atoms. The molecule has 0 atom stereocenters. The predicted molar refractivity (Wildman–Crippen MR) is 130 cm³/mol. The normalized spacial score (nSPS) is 11.6. The molecule has 2 aromatic carbocycles. The number of aromatic nitrogens is 2. The summed E-state index contributed by atoms with van der Waals surface area (Å²) >= 11 is 0. The molecule has 0 aliphatic carbocycles. The lowest BCUT2D eigenvalue weighted by molar-refractivity contribution is 0.0744. The topological polar surface area (TPSA) is 108 Å². The highest BCUT2D eigenvalue weighted by molar-refractivity contribution is 7.93. The molecule has 0 radical (unpaired) electrons. The average molecular weight is 498 g/mol. The van der Waals surface area contributed by atoms with Gasteiger partial charge in [0.1, 0.15) is 13.0 Å². The summed E-state index contributed by atoms with van der Waals surface area (Å²) in [5, 5.41) is 3.94. The van der Waals surface area contributed by atoms with Gasteiger partial charge in [0.15, 0.2) is 5.89 Å². The van der Waals surface area contributed by atoms with Gasteiger partial charge in [-0.1, -0.05) is 47.6 Å². The van der Waals surface area contributed by atoms with Crippen molar-refractivity contribution in [1.29, 1.82) is 0 Å².